The number of nitro benzene ring substituents is 1. The maximum atomic E-state index is 13.3. The number of non-ortho nitro benzene ring substituents is 1. The van der Waals surface area contributed by atoms with Gasteiger partial charge in [-0.3, -0.25) is 24.5 Å². The van der Waals surface area contributed by atoms with Gasteiger partial charge in [0, 0.05) is 48.3 Å². The van der Waals surface area contributed by atoms with Crippen LogP contribution in [0.4, 0.5) is 11.4 Å². The Morgan fingerprint density at radius 3 is 2.46 bits per heavy atom. The maximum absolute atomic E-state index is 13.3. The topological polar surface area (TPSA) is 148 Å². The summed E-state index contributed by atoms with van der Waals surface area (Å²) in [5.74, 6) is -1.57. The van der Waals surface area contributed by atoms with Crippen LogP contribution in [0.25, 0.3) is 10.8 Å². The van der Waals surface area contributed by atoms with E-state index in [1.165, 1.54) is 18.2 Å². The minimum absolute atomic E-state index is 0. The lowest BCUT2D eigenvalue weighted by Crippen LogP contribution is -2.40. The Labute approximate surface area is 207 Å². The number of hydrogen-bond acceptors (Lipinski definition) is 7. The van der Waals surface area contributed by atoms with Gasteiger partial charge in [0.25, 0.3) is 23.4 Å². The quantitative estimate of drug-likeness (QED) is 0.178. The third kappa shape index (κ3) is 5.14. The van der Waals surface area contributed by atoms with Crippen molar-refractivity contribution in [1.29, 1.82) is 0 Å². The molecule has 0 saturated carbocycles. The van der Waals surface area contributed by atoms with Gasteiger partial charge in [-0.05, 0) is 42.6 Å². The largest absolute Gasteiger partial charge is 0.352 e. The third-order valence-electron chi connectivity index (χ3n) is 5.54. The zero-order valence-electron chi connectivity index (χ0n) is 18.7. The average molecular weight is 498 g/mol. The molecule has 0 unspecified atom stereocenters. The predicted octanol–water partition coefficient (Wildman–Crippen LogP) is 2.64. The summed E-state index contributed by atoms with van der Waals surface area (Å²) >= 11 is 0. The molecule has 11 heteroatoms. The second-order valence-electron chi connectivity index (χ2n) is 7.80. The summed E-state index contributed by atoms with van der Waals surface area (Å²) in [4.78, 5) is 50.9. The highest BCUT2D eigenvalue weighted by Crippen LogP contribution is 2.35. The van der Waals surface area contributed by atoms with E-state index in [9.17, 15) is 24.5 Å². The second-order valence-corrected chi connectivity index (χ2v) is 7.80. The molecular weight excluding hydrogens is 474 g/mol. The van der Waals surface area contributed by atoms with Crippen LogP contribution in [-0.4, -0.2) is 48.8 Å². The number of rotatable bonds is 9. The van der Waals surface area contributed by atoms with Crippen molar-refractivity contribution in [3.63, 3.8) is 0 Å². The first-order valence-corrected chi connectivity index (χ1v) is 10.8. The van der Waals surface area contributed by atoms with Crippen LogP contribution in [0, 0.1) is 10.1 Å². The SMILES string of the molecule is Cl.NCCNCCCNC(=O)c1cccc(N2C(=O)c3cccc4cc([N+](=O)[O-])cc(c34)C2=O)c1. The van der Waals surface area contributed by atoms with Gasteiger partial charge in [0.2, 0.25) is 0 Å². The molecule has 0 saturated heterocycles. The third-order valence-corrected chi connectivity index (χ3v) is 5.54. The van der Waals surface area contributed by atoms with Gasteiger partial charge in [-0.25, -0.2) is 4.90 Å². The fraction of sp³-hybridized carbons (Fsp3) is 0.208. The van der Waals surface area contributed by atoms with Gasteiger partial charge < -0.3 is 16.4 Å². The Kier molecular flexibility index (Phi) is 8.13. The first-order chi connectivity index (χ1) is 16.4. The Balaban J connectivity index is 0.00000342. The van der Waals surface area contributed by atoms with E-state index < -0.39 is 16.7 Å². The minimum Gasteiger partial charge on any atom is -0.352 e. The van der Waals surface area contributed by atoms with Gasteiger partial charge >= 0.3 is 0 Å². The summed E-state index contributed by atoms with van der Waals surface area (Å²) in [6, 6.07) is 13.5. The molecule has 3 aromatic carbocycles. The Bertz CT molecular complexity index is 1310. The molecular formula is C24H24ClN5O5. The van der Waals surface area contributed by atoms with Crippen molar-refractivity contribution < 1.29 is 19.3 Å². The standard InChI is InChI=1S/C24H23N5O5.ClH/c25-8-11-26-9-3-10-27-22(30)16-5-1-6-17(13-16)28-23(31)19-7-2-4-15-12-18(29(33)34)14-20(21(15)19)24(28)32;/h1-2,4-7,12-14,26H,3,8-11,25H2,(H,27,30);1H. The molecule has 4 rings (SSSR count). The van der Waals surface area contributed by atoms with E-state index in [2.05, 4.69) is 10.6 Å². The van der Waals surface area contributed by atoms with Gasteiger partial charge in [0.15, 0.2) is 0 Å². The van der Waals surface area contributed by atoms with Crippen LogP contribution in [0.2, 0.25) is 0 Å². The predicted molar refractivity (Wildman–Crippen MR) is 134 cm³/mol. The number of hydrogen-bond donors (Lipinski definition) is 3. The molecule has 0 spiro atoms. The molecule has 3 aromatic rings. The molecule has 0 fully saturated rings. The Morgan fingerprint density at radius 1 is 0.971 bits per heavy atom. The van der Waals surface area contributed by atoms with E-state index in [1.807, 2.05) is 0 Å². The van der Waals surface area contributed by atoms with Crippen LogP contribution >= 0.6 is 12.4 Å². The van der Waals surface area contributed by atoms with Crippen LogP contribution in [0.5, 0.6) is 0 Å². The molecule has 0 aliphatic carbocycles. The molecule has 0 radical (unpaired) electrons. The second kappa shape index (κ2) is 11.0. The fourth-order valence-electron chi connectivity index (χ4n) is 3.96. The molecule has 0 atom stereocenters. The summed E-state index contributed by atoms with van der Waals surface area (Å²) in [5.41, 5.74) is 6.01. The first-order valence-electron chi connectivity index (χ1n) is 10.8. The van der Waals surface area contributed by atoms with Crippen molar-refractivity contribution in [2.24, 2.45) is 5.73 Å². The lowest BCUT2D eigenvalue weighted by atomic mass is 9.93. The molecule has 1 aliphatic heterocycles. The van der Waals surface area contributed by atoms with Crippen LogP contribution in [0.15, 0.2) is 54.6 Å². The average Bonchev–Trinajstić information content (AvgIpc) is 2.84. The highest BCUT2D eigenvalue weighted by atomic mass is 35.5. The molecule has 1 aliphatic rings. The molecule has 35 heavy (non-hydrogen) atoms. The van der Waals surface area contributed by atoms with Crippen LogP contribution in [0.1, 0.15) is 37.5 Å². The van der Waals surface area contributed by atoms with E-state index in [0.29, 0.717) is 43.4 Å². The Morgan fingerprint density at radius 2 is 1.71 bits per heavy atom. The highest BCUT2D eigenvalue weighted by molar-refractivity contribution is 6.36. The van der Waals surface area contributed by atoms with Gasteiger partial charge in [-0.15, -0.1) is 12.4 Å². The normalized spacial score (nSPS) is 12.4. The lowest BCUT2D eigenvalue weighted by molar-refractivity contribution is -0.384. The number of amides is 3. The number of nitrogens with two attached hydrogens (primary N) is 1. The summed E-state index contributed by atoms with van der Waals surface area (Å²) in [7, 11) is 0. The number of anilines is 1. The van der Waals surface area contributed by atoms with Crippen LogP contribution < -0.4 is 21.3 Å². The molecule has 3 amide bonds. The summed E-state index contributed by atoms with van der Waals surface area (Å²) < 4.78 is 0. The molecule has 0 aromatic heterocycles. The van der Waals surface area contributed by atoms with E-state index in [0.717, 1.165) is 4.90 Å². The minimum atomic E-state index is -0.680. The van der Waals surface area contributed by atoms with Crippen molar-refractivity contribution in [2.45, 2.75) is 6.42 Å². The summed E-state index contributed by atoms with van der Waals surface area (Å²) in [5, 5.41) is 18.1. The maximum Gasteiger partial charge on any atom is 0.270 e. The number of carbonyl (C=O) groups excluding carboxylic acids is 3. The van der Waals surface area contributed by atoms with Crippen LogP contribution in [0.3, 0.4) is 0 Å². The van der Waals surface area contributed by atoms with E-state index in [-0.39, 0.29) is 46.4 Å². The van der Waals surface area contributed by atoms with E-state index in [1.54, 1.807) is 36.4 Å². The van der Waals surface area contributed by atoms with Gasteiger partial charge in [0.05, 0.1) is 16.2 Å². The number of halogens is 1. The van der Waals surface area contributed by atoms with E-state index in [4.69, 9.17) is 5.73 Å². The first kappa shape index (κ1) is 25.8. The molecule has 182 valence electrons. The zero-order valence-corrected chi connectivity index (χ0v) is 19.5. The number of imide groups is 1. The fourth-order valence-corrected chi connectivity index (χ4v) is 3.96. The number of carbonyl (C=O) groups is 3. The van der Waals surface area contributed by atoms with Gasteiger partial charge in [-0.1, -0.05) is 18.2 Å². The van der Waals surface area contributed by atoms with Crippen LogP contribution in [-0.2, 0) is 0 Å². The van der Waals surface area contributed by atoms with E-state index >= 15 is 0 Å². The highest BCUT2D eigenvalue weighted by Gasteiger charge is 2.35. The van der Waals surface area contributed by atoms with Crippen molar-refractivity contribution >= 4 is 52.3 Å². The smallest absolute Gasteiger partial charge is 0.270 e. The molecule has 4 N–H and O–H groups in total. The summed E-state index contributed by atoms with van der Waals surface area (Å²) in [6.45, 7) is 2.40. The molecule has 1 heterocycles. The Hall–Kier alpha value is -3.86. The number of nitro groups is 1. The zero-order chi connectivity index (χ0) is 24.2. The number of nitrogens with zero attached hydrogens (tertiary/aromatic N) is 2. The van der Waals surface area contributed by atoms with Gasteiger partial charge in [-0.2, -0.15) is 0 Å². The van der Waals surface area contributed by atoms with Crippen molar-refractivity contribution in [2.75, 3.05) is 31.1 Å². The molecule has 0 bridgehead atoms. The van der Waals surface area contributed by atoms with Crippen molar-refractivity contribution in [1.82, 2.24) is 10.6 Å². The summed E-state index contributed by atoms with van der Waals surface area (Å²) in [6.07, 6.45) is 0.716. The molecule has 10 nitrogen and oxygen atoms in total. The van der Waals surface area contributed by atoms with Crippen molar-refractivity contribution in [3.8, 4) is 0 Å². The number of benzene rings is 3. The lowest BCUT2D eigenvalue weighted by Gasteiger charge is -2.27. The monoisotopic (exact) mass is 497 g/mol. The number of nitrogens with one attached hydrogen (secondary N) is 2. The van der Waals surface area contributed by atoms with Gasteiger partial charge in [0.1, 0.15) is 0 Å². The van der Waals surface area contributed by atoms with Crippen molar-refractivity contribution in [3.05, 3.63) is 81.4 Å².